The number of para-hydroxylation sites is 1. The Bertz CT molecular complexity index is 995. The SMILES string of the molecule is Cc1ccccc1Nc1nc(N)nc(COc2ccc(Cl)cc2C(N)=O)n1. The van der Waals surface area contributed by atoms with Crippen LogP contribution in [-0.4, -0.2) is 20.9 Å². The topological polar surface area (TPSA) is 129 Å². The molecule has 1 amide bonds. The van der Waals surface area contributed by atoms with E-state index in [2.05, 4.69) is 20.3 Å². The van der Waals surface area contributed by atoms with Gasteiger partial charge in [-0.3, -0.25) is 4.79 Å². The number of nitrogens with zero attached hydrogens (tertiary/aromatic N) is 3. The predicted molar refractivity (Wildman–Crippen MR) is 103 cm³/mol. The molecule has 0 bridgehead atoms. The Hall–Kier alpha value is -3.39. The van der Waals surface area contributed by atoms with Crippen molar-refractivity contribution in [3.8, 4) is 5.75 Å². The van der Waals surface area contributed by atoms with Gasteiger partial charge < -0.3 is 21.5 Å². The first-order valence-corrected chi connectivity index (χ1v) is 8.35. The van der Waals surface area contributed by atoms with Crippen molar-refractivity contribution in [1.29, 1.82) is 0 Å². The molecule has 0 aliphatic rings. The Kier molecular flexibility index (Phi) is 5.37. The molecule has 0 unspecified atom stereocenters. The zero-order valence-corrected chi connectivity index (χ0v) is 15.2. The van der Waals surface area contributed by atoms with E-state index in [1.807, 2.05) is 31.2 Å². The summed E-state index contributed by atoms with van der Waals surface area (Å²) in [4.78, 5) is 24.0. The molecule has 0 saturated carbocycles. The Balaban J connectivity index is 1.79. The third kappa shape index (κ3) is 4.62. The van der Waals surface area contributed by atoms with Crippen LogP contribution in [0.1, 0.15) is 21.7 Å². The molecule has 0 aliphatic heterocycles. The van der Waals surface area contributed by atoms with Crippen LogP contribution in [0.2, 0.25) is 5.02 Å². The normalized spacial score (nSPS) is 10.4. The highest BCUT2D eigenvalue weighted by atomic mass is 35.5. The zero-order chi connectivity index (χ0) is 19.4. The number of halogens is 1. The molecular weight excluding hydrogens is 368 g/mol. The van der Waals surface area contributed by atoms with Crippen molar-refractivity contribution in [2.75, 3.05) is 11.1 Å². The quantitative estimate of drug-likeness (QED) is 0.595. The van der Waals surface area contributed by atoms with Gasteiger partial charge in [-0.05, 0) is 36.8 Å². The molecular formula is C18H17ClN6O2. The smallest absolute Gasteiger partial charge is 0.252 e. The number of benzene rings is 2. The predicted octanol–water partition coefficient (Wildman–Crippen LogP) is 2.84. The van der Waals surface area contributed by atoms with Crippen molar-refractivity contribution in [3.05, 3.63) is 64.4 Å². The van der Waals surface area contributed by atoms with Crippen LogP contribution in [0, 0.1) is 6.92 Å². The highest BCUT2D eigenvalue weighted by molar-refractivity contribution is 6.31. The van der Waals surface area contributed by atoms with Gasteiger partial charge in [-0.1, -0.05) is 29.8 Å². The van der Waals surface area contributed by atoms with E-state index in [1.54, 1.807) is 12.1 Å². The van der Waals surface area contributed by atoms with Crippen LogP contribution in [-0.2, 0) is 6.61 Å². The number of hydrogen-bond donors (Lipinski definition) is 3. The van der Waals surface area contributed by atoms with E-state index in [0.717, 1.165) is 11.3 Å². The van der Waals surface area contributed by atoms with Crippen molar-refractivity contribution >= 4 is 35.1 Å². The first-order chi connectivity index (χ1) is 12.9. The second-order valence-electron chi connectivity index (χ2n) is 5.67. The van der Waals surface area contributed by atoms with Gasteiger partial charge in [0.05, 0.1) is 5.56 Å². The van der Waals surface area contributed by atoms with Gasteiger partial charge in [-0.2, -0.15) is 15.0 Å². The van der Waals surface area contributed by atoms with E-state index in [-0.39, 0.29) is 23.9 Å². The number of carbonyl (C=O) groups is 1. The van der Waals surface area contributed by atoms with E-state index in [0.29, 0.717) is 16.8 Å². The summed E-state index contributed by atoms with van der Waals surface area (Å²) in [5, 5.41) is 3.48. The van der Waals surface area contributed by atoms with E-state index in [4.69, 9.17) is 27.8 Å². The van der Waals surface area contributed by atoms with Gasteiger partial charge in [-0.15, -0.1) is 0 Å². The van der Waals surface area contributed by atoms with Gasteiger partial charge in [0.15, 0.2) is 5.82 Å². The number of aryl methyl sites for hydroxylation is 1. The lowest BCUT2D eigenvalue weighted by Crippen LogP contribution is -2.14. The minimum atomic E-state index is -0.649. The molecule has 1 aromatic heterocycles. The summed E-state index contributed by atoms with van der Waals surface area (Å²) in [6.07, 6.45) is 0. The van der Waals surface area contributed by atoms with Gasteiger partial charge in [0, 0.05) is 10.7 Å². The number of primary amides is 1. The molecule has 8 nitrogen and oxygen atoms in total. The van der Waals surface area contributed by atoms with E-state index in [1.165, 1.54) is 6.07 Å². The number of anilines is 3. The molecule has 0 aliphatic carbocycles. The number of ether oxygens (including phenoxy) is 1. The third-order valence-corrected chi connectivity index (χ3v) is 3.89. The monoisotopic (exact) mass is 384 g/mol. The van der Waals surface area contributed by atoms with Crippen molar-refractivity contribution in [2.45, 2.75) is 13.5 Å². The molecule has 3 rings (SSSR count). The molecule has 5 N–H and O–H groups in total. The summed E-state index contributed by atoms with van der Waals surface area (Å²) < 4.78 is 5.63. The summed E-state index contributed by atoms with van der Waals surface area (Å²) in [7, 11) is 0. The molecule has 1 heterocycles. The lowest BCUT2D eigenvalue weighted by Gasteiger charge is -2.11. The molecule has 9 heteroatoms. The molecule has 0 radical (unpaired) electrons. The Morgan fingerprint density at radius 2 is 1.96 bits per heavy atom. The summed E-state index contributed by atoms with van der Waals surface area (Å²) in [6, 6.07) is 12.3. The van der Waals surface area contributed by atoms with Crippen molar-refractivity contribution < 1.29 is 9.53 Å². The lowest BCUT2D eigenvalue weighted by atomic mass is 10.2. The summed E-state index contributed by atoms with van der Waals surface area (Å²) in [6.45, 7) is 1.93. The van der Waals surface area contributed by atoms with Crippen molar-refractivity contribution in [3.63, 3.8) is 0 Å². The number of amides is 1. The average Bonchev–Trinajstić information content (AvgIpc) is 2.62. The molecule has 0 atom stereocenters. The second kappa shape index (κ2) is 7.88. The van der Waals surface area contributed by atoms with Gasteiger partial charge >= 0.3 is 0 Å². The number of carbonyl (C=O) groups excluding carboxylic acids is 1. The Morgan fingerprint density at radius 1 is 1.19 bits per heavy atom. The maximum absolute atomic E-state index is 11.5. The molecule has 0 saturated heterocycles. The largest absolute Gasteiger partial charge is 0.485 e. The first-order valence-electron chi connectivity index (χ1n) is 7.97. The van der Waals surface area contributed by atoms with E-state index < -0.39 is 5.91 Å². The number of aromatic nitrogens is 3. The van der Waals surface area contributed by atoms with Gasteiger partial charge in [0.2, 0.25) is 11.9 Å². The molecule has 138 valence electrons. The van der Waals surface area contributed by atoms with Gasteiger partial charge in [0.25, 0.3) is 5.91 Å². The number of hydrogen-bond acceptors (Lipinski definition) is 7. The maximum atomic E-state index is 11.5. The van der Waals surface area contributed by atoms with Gasteiger partial charge in [-0.25, -0.2) is 0 Å². The lowest BCUT2D eigenvalue weighted by molar-refractivity contribution is 0.0995. The van der Waals surface area contributed by atoms with Crippen LogP contribution < -0.4 is 21.5 Å². The summed E-state index contributed by atoms with van der Waals surface area (Å²) in [5.74, 6) is 0.264. The Morgan fingerprint density at radius 3 is 2.70 bits per heavy atom. The number of nitrogen functional groups attached to an aromatic ring is 1. The summed E-state index contributed by atoms with van der Waals surface area (Å²) >= 11 is 5.89. The fourth-order valence-corrected chi connectivity index (χ4v) is 2.53. The highest BCUT2D eigenvalue weighted by Gasteiger charge is 2.12. The first kappa shape index (κ1) is 18.4. The van der Waals surface area contributed by atoms with Crippen molar-refractivity contribution in [2.24, 2.45) is 5.73 Å². The maximum Gasteiger partial charge on any atom is 0.252 e. The number of nitrogens with one attached hydrogen (secondary N) is 1. The molecule has 3 aromatic rings. The van der Waals surface area contributed by atoms with E-state index >= 15 is 0 Å². The van der Waals surface area contributed by atoms with Crippen LogP contribution in [0.3, 0.4) is 0 Å². The standard InChI is InChI=1S/C18H17ClN6O2/c1-10-4-2-3-5-13(10)22-18-24-15(23-17(21)25-18)9-27-14-7-6-11(19)8-12(14)16(20)26/h2-8H,9H2,1H3,(H2,20,26)(H3,21,22,23,24,25). The Labute approximate surface area is 160 Å². The van der Waals surface area contributed by atoms with Crippen LogP contribution in [0.5, 0.6) is 5.75 Å². The molecule has 2 aromatic carbocycles. The number of rotatable bonds is 6. The zero-order valence-electron chi connectivity index (χ0n) is 14.4. The molecule has 0 spiro atoms. The average molecular weight is 385 g/mol. The summed E-state index contributed by atoms with van der Waals surface area (Å²) in [5.41, 5.74) is 13.2. The fraction of sp³-hybridized carbons (Fsp3) is 0.111. The van der Waals surface area contributed by atoms with Crippen LogP contribution in [0.4, 0.5) is 17.6 Å². The minimum absolute atomic E-state index is 0.0307. The number of nitrogens with two attached hydrogens (primary N) is 2. The van der Waals surface area contributed by atoms with Crippen molar-refractivity contribution in [1.82, 2.24) is 15.0 Å². The van der Waals surface area contributed by atoms with E-state index in [9.17, 15) is 4.79 Å². The highest BCUT2D eigenvalue weighted by Crippen LogP contribution is 2.23. The second-order valence-corrected chi connectivity index (χ2v) is 6.10. The molecule has 0 fully saturated rings. The fourth-order valence-electron chi connectivity index (χ4n) is 2.35. The minimum Gasteiger partial charge on any atom is -0.485 e. The molecule has 27 heavy (non-hydrogen) atoms. The van der Waals surface area contributed by atoms with Crippen LogP contribution in [0.25, 0.3) is 0 Å². The third-order valence-electron chi connectivity index (χ3n) is 3.65. The van der Waals surface area contributed by atoms with Crippen LogP contribution in [0.15, 0.2) is 42.5 Å². The van der Waals surface area contributed by atoms with Crippen LogP contribution >= 0.6 is 11.6 Å². The van der Waals surface area contributed by atoms with Gasteiger partial charge in [0.1, 0.15) is 12.4 Å².